The third kappa shape index (κ3) is 5.87. The Kier molecular flexibility index (Phi) is 7.13. The minimum Gasteiger partial charge on any atom is -0.489 e. The summed E-state index contributed by atoms with van der Waals surface area (Å²) in [6.07, 6.45) is 1.53. The molecule has 0 fully saturated rings. The van der Waals surface area contributed by atoms with Crippen LogP contribution in [0.5, 0.6) is 5.75 Å². The van der Waals surface area contributed by atoms with Gasteiger partial charge >= 0.3 is 0 Å². The Morgan fingerprint density at radius 2 is 1.70 bits per heavy atom. The second kappa shape index (κ2) is 9.98. The van der Waals surface area contributed by atoms with Crippen LogP contribution in [-0.2, 0) is 11.4 Å². The van der Waals surface area contributed by atoms with Gasteiger partial charge < -0.3 is 10.1 Å². The third-order valence-corrected chi connectivity index (χ3v) is 4.81. The average molecular weight is 437 g/mol. The number of ether oxygens (including phenoxy) is 1. The highest BCUT2D eigenvalue weighted by molar-refractivity contribution is 6.31. The van der Waals surface area contributed by atoms with Crippen molar-refractivity contribution in [1.29, 1.82) is 5.26 Å². The van der Waals surface area contributed by atoms with Crippen LogP contribution in [0.4, 0.5) is 5.69 Å². The van der Waals surface area contributed by atoms with E-state index in [4.69, 9.17) is 27.9 Å². The fourth-order valence-corrected chi connectivity index (χ4v) is 2.94. The lowest BCUT2D eigenvalue weighted by molar-refractivity contribution is -0.112. The zero-order chi connectivity index (χ0) is 21.5. The van der Waals surface area contributed by atoms with E-state index in [1.807, 2.05) is 37.3 Å². The van der Waals surface area contributed by atoms with Crippen molar-refractivity contribution in [3.05, 3.63) is 99.0 Å². The van der Waals surface area contributed by atoms with Crippen molar-refractivity contribution in [2.45, 2.75) is 13.5 Å². The molecule has 6 heteroatoms. The van der Waals surface area contributed by atoms with E-state index >= 15 is 0 Å². The van der Waals surface area contributed by atoms with Crippen molar-refractivity contribution < 1.29 is 9.53 Å². The maximum absolute atomic E-state index is 12.5. The molecule has 0 heterocycles. The minimum absolute atomic E-state index is 0.00999. The zero-order valence-corrected chi connectivity index (χ0v) is 17.7. The Bertz CT molecular complexity index is 1120. The summed E-state index contributed by atoms with van der Waals surface area (Å²) in [6, 6.07) is 21.7. The molecule has 0 aliphatic heterocycles. The molecule has 4 nitrogen and oxygen atoms in total. The quantitative estimate of drug-likeness (QED) is 0.357. The molecule has 1 N–H and O–H groups in total. The van der Waals surface area contributed by atoms with Crippen LogP contribution in [0.2, 0.25) is 10.0 Å². The Labute approximate surface area is 185 Å². The van der Waals surface area contributed by atoms with Crippen molar-refractivity contribution in [3.8, 4) is 11.8 Å². The van der Waals surface area contributed by atoms with Gasteiger partial charge in [0.25, 0.3) is 5.91 Å². The number of carbonyl (C=O) groups is 1. The molecule has 0 aliphatic rings. The molecule has 0 aliphatic carbocycles. The molecule has 0 spiro atoms. The van der Waals surface area contributed by atoms with Crippen molar-refractivity contribution in [2.24, 2.45) is 0 Å². The second-order valence-electron chi connectivity index (χ2n) is 6.57. The molecule has 3 aromatic carbocycles. The number of hydrogen-bond donors (Lipinski definition) is 1. The highest BCUT2D eigenvalue weighted by Gasteiger charge is 2.11. The Hall–Kier alpha value is -3.26. The number of amides is 1. The number of benzene rings is 3. The van der Waals surface area contributed by atoms with E-state index in [-0.39, 0.29) is 5.57 Å². The van der Waals surface area contributed by atoms with Gasteiger partial charge in [0, 0.05) is 15.7 Å². The lowest BCUT2D eigenvalue weighted by Gasteiger charge is -2.09. The first kappa shape index (κ1) is 21.4. The molecule has 1 amide bonds. The number of rotatable bonds is 6. The molecule has 0 unspecified atom stereocenters. The number of hydrogen-bond acceptors (Lipinski definition) is 3. The number of carbonyl (C=O) groups excluding carboxylic acids is 1. The summed E-state index contributed by atoms with van der Waals surface area (Å²) in [5, 5.41) is 13.3. The maximum Gasteiger partial charge on any atom is 0.266 e. The summed E-state index contributed by atoms with van der Waals surface area (Å²) in [7, 11) is 0. The smallest absolute Gasteiger partial charge is 0.266 e. The van der Waals surface area contributed by atoms with Gasteiger partial charge in [-0.05, 0) is 66.1 Å². The van der Waals surface area contributed by atoms with Crippen LogP contribution in [0.3, 0.4) is 0 Å². The van der Waals surface area contributed by atoms with E-state index in [2.05, 4.69) is 5.32 Å². The van der Waals surface area contributed by atoms with Gasteiger partial charge in [-0.3, -0.25) is 4.79 Å². The summed E-state index contributed by atoms with van der Waals surface area (Å²) >= 11 is 11.9. The molecule has 0 bridgehead atoms. The summed E-state index contributed by atoms with van der Waals surface area (Å²) in [4.78, 5) is 12.5. The van der Waals surface area contributed by atoms with E-state index in [1.165, 1.54) is 6.08 Å². The minimum atomic E-state index is -0.495. The molecule has 0 radical (unpaired) electrons. The second-order valence-corrected chi connectivity index (χ2v) is 7.44. The van der Waals surface area contributed by atoms with Gasteiger partial charge in [0.1, 0.15) is 24.0 Å². The Balaban J connectivity index is 1.66. The highest BCUT2D eigenvalue weighted by Crippen LogP contribution is 2.22. The largest absolute Gasteiger partial charge is 0.489 e. The first-order valence-corrected chi connectivity index (χ1v) is 9.87. The predicted molar refractivity (Wildman–Crippen MR) is 121 cm³/mol. The molecule has 3 aromatic rings. The SMILES string of the molecule is Cc1ccc(Cl)cc1NC(=O)/C(C#N)=C/c1ccc(OCc2ccc(Cl)cc2)cc1. The zero-order valence-electron chi connectivity index (χ0n) is 16.2. The topological polar surface area (TPSA) is 62.1 Å². The molecule has 0 aromatic heterocycles. The normalized spacial score (nSPS) is 10.9. The first-order valence-electron chi connectivity index (χ1n) is 9.11. The highest BCUT2D eigenvalue weighted by atomic mass is 35.5. The maximum atomic E-state index is 12.5. The standard InChI is InChI=1S/C24H18Cl2N2O2/c1-16-2-7-21(26)13-23(16)28-24(29)19(14-27)12-17-5-10-22(11-6-17)30-15-18-3-8-20(25)9-4-18/h2-13H,15H2,1H3,(H,28,29)/b19-12+. The van der Waals surface area contributed by atoms with Crippen molar-refractivity contribution >= 4 is 40.9 Å². The average Bonchev–Trinajstić information content (AvgIpc) is 2.75. The molecular weight excluding hydrogens is 419 g/mol. The molecule has 0 saturated heterocycles. The van der Waals surface area contributed by atoms with Gasteiger partial charge in [-0.2, -0.15) is 5.26 Å². The number of anilines is 1. The van der Waals surface area contributed by atoms with Crippen LogP contribution in [-0.4, -0.2) is 5.91 Å². The van der Waals surface area contributed by atoms with Gasteiger partial charge in [-0.25, -0.2) is 0 Å². The molecule has 3 rings (SSSR count). The van der Waals surface area contributed by atoms with Gasteiger partial charge in [-0.15, -0.1) is 0 Å². The molecular formula is C24H18Cl2N2O2. The lowest BCUT2D eigenvalue weighted by Crippen LogP contribution is -2.14. The fraction of sp³-hybridized carbons (Fsp3) is 0.0833. The van der Waals surface area contributed by atoms with Gasteiger partial charge in [0.15, 0.2) is 0 Å². The number of nitrogens with one attached hydrogen (secondary N) is 1. The first-order chi connectivity index (χ1) is 14.4. The van der Waals surface area contributed by atoms with E-state index in [0.717, 1.165) is 11.1 Å². The van der Waals surface area contributed by atoms with E-state index in [0.29, 0.717) is 33.7 Å². The van der Waals surface area contributed by atoms with Crippen molar-refractivity contribution in [3.63, 3.8) is 0 Å². The Morgan fingerprint density at radius 3 is 2.37 bits per heavy atom. The van der Waals surface area contributed by atoms with Crippen molar-refractivity contribution in [2.75, 3.05) is 5.32 Å². The lowest BCUT2D eigenvalue weighted by atomic mass is 10.1. The number of nitrogens with zero attached hydrogens (tertiary/aromatic N) is 1. The number of halogens is 2. The van der Waals surface area contributed by atoms with Crippen LogP contribution in [0.25, 0.3) is 6.08 Å². The van der Waals surface area contributed by atoms with Crippen LogP contribution in [0.15, 0.2) is 72.3 Å². The molecule has 0 atom stereocenters. The van der Waals surface area contributed by atoms with E-state index in [1.54, 1.807) is 42.5 Å². The van der Waals surface area contributed by atoms with Crippen LogP contribution in [0, 0.1) is 18.3 Å². The summed E-state index contributed by atoms with van der Waals surface area (Å²) < 4.78 is 5.75. The summed E-state index contributed by atoms with van der Waals surface area (Å²) in [6.45, 7) is 2.27. The van der Waals surface area contributed by atoms with Crippen molar-refractivity contribution in [1.82, 2.24) is 0 Å². The molecule has 30 heavy (non-hydrogen) atoms. The molecule has 150 valence electrons. The number of nitriles is 1. The molecule has 0 saturated carbocycles. The predicted octanol–water partition coefficient (Wildman–Crippen LogP) is 6.43. The van der Waals surface area contributed by atoms with Gasteiger partial charge in [0.2, 0.25) is 0 Å². The van der Waals surface area contributed by atoms with E-state index < -0.39 is 5.91 Å². The summed E-state index contributed by atoms with van der Waals surface area (Å²) in [5.74, 6) is 0.186. The Morgan fingerprint density at radius 1 is 1.03 bits per heavy atom. The van der Waals surface area contributed by atoms with Crippen LogP contribution < -0.4 is 10.1 Å². The van der Waals surface area contributed by atoms with Gasteiger partial charge in [0.05, 0.1) is 0 Å². The van der Waals surface area contributed by atoms with Crippen LogP contribution >= 0.6 is 23.2 Å². The third-order valence-electron chi connectivity index (χ3n) is 4.32. The number of aryl methyl sites for hydroxylation is 1. The van der Waals surface area contributed by atoms with Crippen LogP contribution in [0.1, 0.15) is 16.7 Å². The monoisotopic (exact) mass is 436 g/mol. The van der Waals surface area contributed by atoms with Gasteiger partial charge in [-0.1, -0.05) is 53.5 Å². The fourth-order valence-electron chi connectivity index (χ4n) is 2.64. The van der Waals surface area contributed by atoms with E-state index in [9.17, 15) is 10.1 Å². The summed E-state index contributed by atoms with van der Waals surface area (Å²) in [5.41, 5.74) is 3.13.